The molecule has 2 aromatic carbocycles. The highest BCUT2D eigenvalue weighted by atomic mass is 16.5. The maximum absolute atomic E-state index is 13.3. The van der Waals surface area contributed by atoms with E-state index in [-0.39, 0.29) is 12.2 Å². The van der Waals surface area contributed by atoms with E-state index >= 15 is 0 Å². The summed E-state index contributed by atoms with van der Waals surface area (Å²) < 4.78 is 8.69. The van der Waals surface area contributed by atoms with Crippen LogP contribution in [0.5, 0.6) is 0 Å². The first-order valence-corrected chi connectivity index (χ1v) is 10.7. The summed E-state index contributed by atoms with van der Waals surface area (Å²) in [6.45, 7) is 4.02. The number of carbonyl (C=O) groups is 1. The van der Waals surface area contributed by atoms with Crippen molar-refractivity contribution in [1.29, 1.82) is 0 Å². The zero-order chi connectivity index (χ0) is 22.0. The number of hydrogen-bond acceptors (Lipinski definition) is 4. The van der Waals surface area contributed by atoms with Gasteiger partial charge in [-0.25, -0.2) is 9.48 Å². The van der Waals surface area contributed by atoms with Crippen LogP contribution in [0.4, 0.5) is 0 Å². The molecule has 0 bridgehead atoms. The molecule has 31 heavy (non-hydrogen) atoms. The fourth-order valence-corrected chi connectivity index (χ4v) is 4.21. The van der Waals surface area contributed by atoms with E-state index in [1.54, 1.807) is 13.0 Å². The van der Waals surface area contributed by atoms with Crippen molar-refractivity contribution in [2.75, 3.05) is 6.61 Å². The quantitative estimate of drug-likeness (QED) is 0.419. The van der Waals surface area contributed by atoms with E-state index in [4.69, 9.17) is 9.84 Å². The van der Waals surface area contributed by atoms with Gasteiger partial charge in [-0.15, -0.1) is 0 Å². The first kappa shape index (κ1) is 20.8. The first-order chi connectivity index (χ1) is 15.0. The van der Waals surface area contributed by atoms with Crippen LogP contribution in [0.3, 0.4) is 0 Å². The molecule has 0 radical (unpaired) electrons. The topological polar surface area (TPSA) is 66.1 Å². The average molecular weight is 418 g/mol. The lowest BCUT2D eigenvalue weighted by Gasteiger charge is -2.18. The Morgan fingerprint density at radius 3 is 2.42 bits per heavy atom. The number of hydrogen-bond donors (Lipinski definition) is 0. The number of para-hydroxylation sites is 1. The summed E-state index contributed by atoms with van der Waals surface area (Å²) in [4.78, 5) is 25.9. The molecule has 0 saturated heterocycles. The molecule has 160 valence electrons. The predicted molar refractivity (Wildman–Crippen MR) is 122 cm³/mol. The van der Waals surface area contributed by atoms with Crippen molar-refractivity contribution in [3.05, 3.63) is 76.3 Å². The number of fused-ring (bicyclic) bond motifs is 2. The summed E-state index contributed by atoms with van der Waals surface area (Å²) in [7, 11) is 2.02. The molecule has 0 spiro atoms. The van der Waals surface area contributed by atoms with E-state index < -0.39 is 12.0 Å². The largest absolute Gasteiger partial charge is 0.464 e. The van der Waals surface area contributed by atoms with Gasteiger partial charge in [-0.1, -0.05) is 49.7 Å². The zero-order valence-electron chi connectivity index (χ0n) is 18.2. The molecule has 1 atom stereocenters. The molecule has 0 aliphatic rings. The molecule has 6 nitrogen and oxygen atoms in total. The molecule has 4 rings (SSSR count). The van der Waals surface area contributed by atoms with Gasteiger partial charge < -0.3 is 9.30 Å². The maximum atomic E-state index is 13.3. The van der Waals surface area contributed by atoms with Gasteiger partial charge in [0, 0.05) is 36.0 Å². The van der Waals surface area contributed by atoms with Gasteiger partial charge in [0.15, 0.2) is 6.04 Å². The van der Waals surface area contributed by atoms with Crippen molar-refractivity contribution in [3.8, 4) is 0 Å². The highest BCUT2D eigenvalue weighted by Gasteiger charge is 2.25. The van der Waals surface area contributed by atoms with Gasteiger partial charge in [0.25, 0.3) is 5.56 Å². The molecular weight excluding hydrogens is 390 g/mol. The van der Waals surface area contributed by atoms with Gasteiger partial charge in [-0.05, 0) is 31.0 Å². The van der Waals surface area contributed by atoms with Crippen LogP contribution in [-0.2, 0) is 23.0 Å². The van der Waals surface area contributed by atoms with Crippen molar-refractivity contribution < 1.29 is 9.53 Å². The lowest BCUT2D eigenvalue weighted by molar-refractivity contribution is -0.147. The molecule has 0 amide bonds. The van der Waals surface area contributed by atoms with Gasteiger partial charge in [0.2, 0.25) is 0 Å². The average Bonchev–Trinajstić information content (AvgIpc) is 3.10. The standard InChI is InChI=1S/C25H27N3O3/c1-4-10-23(25(30)31-5-2)28-24(29)20-13-7-6-12-19(20)21(26-28)15-17-16-27(3)22-14-9-8-11-18(17)22/h6-9,11-14,16,23H,4-5,10,15H2,1-3H3. The van der Waals surface area contributed by atoms with Crippen LogP contribution in [0.15, 0.2) is 59.5 Å². The highest BCUT2D eigenvalue weighted by molar-refractivity contribution is 5.87. The Morgan fingerprint density at radius 2 is 1.71 bits per heavy atom. The molecule has 4 aromatic rings. The van der Waals surface area contributed by atoms with Crippen LogP contribution in [0, 0.1) is 0 Å². The zero-order valence-corrected chi connectivity index (χ0v) is 18.2. The number of aryl methyl sites for hydroxylation is 1. The molecule has 0 aliphatic carbocycles. The van der Waals surface area contributed by atoms with E-state index in [1.807, 2.05) is 44.3 Å². The fourth-order valence-electron chi connectivity index (χ4n) is 4.21. The van der Waals surface area contributed by atoms with E-state index in [9.17, 15) is 9.59 Å². The second-order valence-electron chi connectivity index (χ2n) is 7.76. The van der Waals surface area contributed by atoms with Gasteiger partial charge in [0.05, 0.1) is 17.7 Å². The summed E-state index contributed by atoms with van der Waals surface area (Å²) >= 11 is 0. The summed E-state index contributed by atoms with van der Waals surface area (Å²) in [5.41, 5.74) is 2.79. The summed E-state index contributed by atoms with van der Waals surface area (Å²) in [5, 5.41) is 7.27. The lowest BCUT2D eigenvalue weighted by Crippen LogP contribution is -2.34. The van der Waals surface area contributed by atoms with Crippen LogP contribution < -0.4 is 5.56 Å². The van der Waals surface area contributed by atoms with Crippen molar-refractivity contribution in [2.45, 2.75) is 39.2 Å². The molecule has 0 saturated carbocycles. The minimum atomic E-state index is -0.728. The number of esters is 1. The van der Waals surface area contributed by atoms with Gasteiger partial charge in [-0.2, -0.15) is 5.10 Å². The Kier molecular flexibility index (Phi) is 5.89. The Hall–Kier alpha value is -3.41. The maximum Gasteiger partial charge on any atom is 0.331 e. The second kappa shape index (κ2) is 8.76. The minimum absolute atomic E-state index is 0.260. The number of nitrogens with zero attached hydrogens (tertiary/aromatic N) is 3. The third-order valence-corrected chi connectivity index (χ3v) is 5.66. The Morgan fingerprint density at radius 1 is 1.03 bits per heavy atom. The van der Waals surface area contributed by atoms with Crippen molar-refractivity contribution in [2.24, 2.45) is 7.05 Å². The third-order valence-electron chi connectivity index (χ3n) is 5.66. The fraction of sp³-hybridized carbons (Fsp3) is 0.320. The molecule has 0 fully saturated rings. The van der Waals surface area contributed by atoms with E-state index in [1.165, 1.54) is 4.68 Å². The molecule has 2 heterocycles. The van der Waals surface area contributed by atoms with Gasteiger partial charge in [0.1, 0.15) is 0 Å². The first-order valence-electron chi connectivity index (χ1n) is 10.7. The number of benzene rings is 2. The minimum Gasteiger partial charge on any atom is -0.464 e. The molecule has 6 heteroatoms. The normalized spacial score (nSPS) is 12.4. The Bertz CT molecular complexity index is 1300. The molecule has 2 aromatic heterocycles. The van der Waals surface area contributed by atoms with Crippen molar-refractivity contribution in [3.63, 3.8) is 0 Å². The Balaban J connectivity index is 1.89. The number of aromatic nitrogens is 3. The SMILES string of the molecule is CCCC(C(=O)OCC)n1nc(Cc2cn(C)c3ccccc23)c2ccccc2c1=O. The van der Waals surface area contributed by atoms with Gasteiger partial charge >= 0.3 is 5.97 Å². The third kappa shape index (κ3) is 3.85. The Labute approximate surface area is 181 Å². The predicted octanol–water partition coefficient (Wildman–Crippen LogP) is 4.38. The molecule has 1 unspecified atom stereocenters. The lowest BCUT2D eigenvalue weighted by atomic mass is 10.0. The van der Waals surface area contributed by atoms with Crippen LogP contribution in [0.1, 0.15) is 44.0 Å². The monoisotopic (exact) mass is 417 g/mol. The van der Waals surface area contributed by atoms with E-state index in [0.29, 0.717) is 18.2 Å². The second-order valence-corrected chi connectivity index (χ2v) is 7.76. The molecular formula is C25H27N3O3. The van der Waals surface area contributed by atoms with Gasteiger partial charge in [-0.3, -0.25) is 4.79 Å². The van der Waals surface area contributed by atoms with Crippen LogP contribution in [0.2, 0.25) is 0 Å². The van der Waals surface area contributed by atoms with E-state index in [0.717, 1.165) is 34.0 Å². The number of ether oxygens (including phenoxy) is 1. The summed E-state index contributed by atoms with van der Waals surface area (Å²) in [6.07, 6.45) is 3.90. The number of carbonyl (C=O) groups excluding carboxylic acids is 1. The molecule has 0 N–H and O–H groups in total. The van der Waals surface area contributed by atoms with Crippen LogP contribution >= 0.6 is 0 Å². The van der Waals surface area contributed by atoms with Crippen LogP contribution in [-0.4, -0.2) is 26.9 Å². The molecule has 0 aliphatic heterocycles. The summed E-state index contributed by atoms with van der Waals surface area (Å²) in [6, 6.07) is 15.0. The van der Waals surface area contributed by atoms with Crippen molar-refractivity contribution >= 4 is 27.6 Å². The van der Waals surface area contributed by atoms with E-state index in [2.05, 4.69) is 22.9 Å². The highest BCUT2D eigenvalue weighted by Crippen LogP contribution is 2.25. The summed E-state index contributed by atoms with van der Waals surface area (Å²) in [5.74, 6) is -0.412. The smallest absolute Gasteiger partial charge is 0.331 e. The van der Waals surface area contributed by atoms with Crippen molar-refractivity contribution in [1.82, 2.24) is 14.3 Å². The number of rotatable bonds is 7. The van der Waals surface area contributed by atoms with Crippen LogP contribution in [0.25, 0.3) is 21.7 Å².